The van der Waals surface area contributed by atoms with Crippen LogP contribution in [0.1, 0.15) is 46.0 Å². The molecule has 0 heterocycles. The van der Waals surface area contributed by atoms with Gasteiger partial charge in [-0.3, -0.25) is 4.79 Å². The molecule has 5 nitrogen and oxygen atoms in total. The van der Waals surface area contributed by atoms with Gasteiger partial charge in [0.25, 0.3) is 0 Å². The van der Waals surface area contributed by atoms with E-state index in [1.807, 2.05) is 0 Å². The number of rotatable bonds is 9. The predicted molar refractivity (Wildman–Crippen MR) is 70.3 cm³/mol. The van der Waals surface area contributed by atoms with Gasteiger partial charge in [-0.25, -0.2) is 0 Å². The van der Waals surface area contributed by atoms with E-state index in [0.717, 1.165) is 19.3 Å². The zero-order valence-corrected chi connectivity index (χ0v) is 11.5. The Kier molecular flexibility index (Phi) is 15.8. The molecule has 0 aliphatic carbocycles. The molecule has 0 aromatic carbocycles. The molecule has 0 saturated heterocycles. The van der Waals surface area contributed by atoms with Crippen molar-refractivity contribution in [2.24, 2.45) is 11.8 Å². The Morgan fingerprint density at radius 1 is 1.06 bits per heavy atom. The van der Waals surface area contributed by atoms with Crippen LogP contribution in [0.5, 0.6) is 0 Å². The lowest BCUT2D eigenvalue weighted by Crippen LogP contribution is -2.11. The van der Waals surface area contributed by atoms with Crippen LogP contribution in [0.25, 0.3) is 0 Å². The summed E-state index contributed by atoms with van der Waals surface area (Å²) in [7, 11) is 0. The zero-order valence-electron chi connectivity index (χ0n) is 11.5. The van der Waals surface area contributed by atoms with E-state index < -0.39 is 5.97 Å². The van der Waals surface area contributed by atoms with E-state index in [4.69, 9.17) is 20.4 Å². The number of carbonyl (C=O) groups is 1. The molecule has 1 atom stereocenters. The SMILES string of the molecule is CCCCC(C)C(=O)O.OCCCC(CO)CO. The summed E-state index contributed by atoms with van der Waals surface area (Å²) in [5.41, 5.74) is 0. The van der Waals surface area contributed by atoms with Gasteiger partial charge < -0.3 is 20.4 Å². The average Bonchev–Trinajstić information content (AvgIpc) is 2.38. The minimum atomic E-state index is -0.677. The number of hydrogen-bond acceptors (Lipinski definition) is 4. The molecule has 110 valence electrons. The predicted octanol–water partition coefficient (Wildman–Crippen LogP) is 1.26. The largest absolute Gasteiger partial charge is 0.481 e. The van der Waals surface area contributed by atoms with E-state index in [-0.39, 0.29) is 31.7 Å². The van der Waals surface area contributed by atoms with E-state index in [0.29, 0.717) is 12.8 Å². The molecule has 0 aromatic rings. The van der Waals surface area contributed by atoms with Crippen molar-refractivity contribution in [2.75, 3.05) is 19.8 Å². The molecular weight excluding hydrogens is 236 g/mol. The minimum absolute atomic E-state index is 0.0104. The number of unbranched alkanes of at least 4 members (excludes halogenated alkanes) is 1. The molecule has 5 heteroatoms. The summed E-state index contributed by atoms with van der Waals surface area (Å²) in [6.45, 7) is 3.97. The summed E-state index contributed by atoms with van der Waals surface area (Å²) in [5, 5.41) is 33.8. The molecular formula is C13H28O5. The Labute approximate surface area is 109 Å². The lowest BCUT2D eigenvalue weighted by atomic mass is 10.1. The lowest BCUT2D eigenvalue weighted by molar-refractivity contribution is -0.141. The average molecular weight is 264 g/mol. The van der Waals surface area contributed by atoms with Crippen LogP contribution in [-0.4, -0.2) is 46.2 Å². The Balaban J connectivity index is 0. The molecule has 0 spiro atoms. The fourth-order valence-corrected chi connectivity index (χ4v) is 1.25. The molecule has 18 heavy (non-hydrogen) atoms. The molecule has 4 N–H and O–H groups in total. The number of aliphatic hydroxyl groups excluding tert-OH is 3. The number of aliphatic carboxylic acids is 1. The van der Waals surface area contributed by atoms with Gasteiger partial charge in [0.15, 0.2) is 0 Å². The summed E-state index contributed by atoms with van der Waals surface area (Å²) in [6, 6.07) is 0. The minimum Gasteiger partial charge on any atom is -0.481 e. The molecule has 0 aliphatic heterocycles. The normalized spacial score (nSPS) is 11.9. The van der Waals surface area contributed by atoms with Gasteiger partial charge in [-0.1, -0.05) is 26.7 Å². The molecule has 0 aromatic heterocycles. The third kappa shape index (κ3) is 13.4. The summed E-state index contributed by atoms with van der Waals surface area (Å²) >= 11 is 0. The van der Waals surface area contributed by atoms with Gasteiger partial charge in [-0.2, -0.15) is 0 Å². The highest BCUT2D eigenvalue weighted by Crippen LogP contribution is 2.06. The molecule has 0 fully saturated rings. The summed E-state index contributed by atoms with van der Waals surface area (Å²) in [6.07, 6.45) is 4.27. The van der Waals surface area contributed by atoms with Crippen molar-refractivity contribution in [3.63, 3.8) is 0 Å². The topological polar surface area (TPSA) is 98.0 Å². The Morgan fingerprint density at radius 2 is 1.61 bits per heavy atom. The van der Waals surface area contributed by atoms with Crippen LogP contribution in [0, 0.1) is 11.8 Å². The molecule has 0 radical (unpaired) electrons. The second-order valence-electron chi connectivity index (χ2n) is 4.48. The van der Waals surface area contributed by atoms with Gasteiger partial charge in [-0.05, 0) is 19.3 Å². The van der Waals surface area contributed by atoms with Gasteiger partial charge in [0.05, 0.1) is 5.92 Å². The quantitative estimate of drug-likeness (QED) is 0.502. The second kappa shape index (κ2) is 14.4. The molecule has 1 unspecified atom stereocenters. The molecule has 0 bridgehead atoms. The van der Waals surface area contributed by atoms with Gasteiger partial charge in [-0.15, -0.1) is 0 Å². The van der Waals surface area contributed by atoms with E-state index in [1.54, 1.807) is 6.92 Å². The summed E-state index contributed by atoms with van der Waals surface area (Å²) < 4.78 is 0. The first-order valence-electron chi connectivity index (χ1n) is 6.58. The van der Waals surface area contributed by atoms with Crippen molar-refractivity contribution in [1.82, 2.24) is 0 Å². The number of aliphatic hydroxyl groups is 3. The molecule has 0 rings (SSSR count). The van der Waals surface area contributed by atoms with E-state index in [1.165, 1.54) is 0 Å². The highest BCUT2D eigenvalue weighted by atomic mass is 16.4. The lowest BCUT2D eigenvalue weighted by Gasteiger charge is -2.07. The standard InChI is InChI=1S/C7H14O2.C6H14O3/c1-3-4-5-6(2)7(8)9;7-3-1-2-6(4-8)5-9/h6H,3-5H2,1-2H3,(H,8,9);6-9H,1-5H2. The maximum absolute atomic E-state index is 10.2. The van der Waals surface area contributed by atoms with Crippen LogP contribution in [0.4, 0.5) is 0 Å². The van der Waals surface area contributed by atoms with Gasteiger partial charge in [0.2, 0.25) is 0 Å². The second-order valence-corrected chi connectivity index (χ2v) is 4.48. The van der Waals surface area contributed by atoms with Crippen molar-refractivity contribution in [3.05, 3.63) is 0 Å². The summed E-state index contributed by atoms with van der Waals surface area (Å²) in [4.78, 5) is 10.2. The molecule has 0 aliphatic rings. The molecule has 0 amide bonds. The number of hydrogen-bond donors (Lipinski definition) is 4. The van der Waals surface area contributed by atoms with Gasteiger partial charge >= 0.3 is 5.97 Å². The monoisotopic (exact) mass is 264 g/mol. The first-order valence-corrected chi connectivity index (χ1v) is 6.58. The Hall–Kier alpha value is -0.650. The van der Waals surface area contributed by atoms with Crippen molar-refractivity contribution in [3.8, 4) is 0 Å². The van der Waals surface area contributed by atoms with Crippen LogP contribution in [0.15, 0.2) is 0 Å². The van der Waals surface area contributed by atoms with E-state index in [9.17, 15) is 4.79 Å². The van der Waals surface area contributed by atoms with Crippen LogP contribution < -0.4 is 0 Å². The number of carboxylic acid groups (broad SMARTS) is 1. The Morgan fingerprint density at radius 3 is 1.94 bits per heavy atom. The van der Waals surface area contributed by atoms with Crippen LogP contribution in [-0.2, 0) is 4.79 Å². The van der Waals surface area contributed by atoms with Crippen LogP contribution >= 0.6 is 0 Å². The van der Waals surface area contributed by atoms with E-state index >= 15 is 0 Å². The third-order valence-corrected chi connectivity index (χ3v) is 2.70. The van der Waals surface area contributed by atoms with Gasteiger partial charge in [0.1, 0.15) is 0 Å². The Bertz CT molecular complexity index is 180. The molecule has 0 saturated carbocycles. The highest BCUT2D eigenvalue weighted by Gasteiger charge is 2.08. The fourth-order valence-electron chi connectivity index (χ4n) is 1.25. The maximum Gasteiger partial charge on any atom is 0.306 e. The van der Waals surface area contributed by atoms with Crippen molar-refractivity contribution in [1.29, 1.82) is 0 Å². The third-order valence-electron chi connectivity index (χ3n) is 2.70. The van der Waals surface area contributed by atoms with Crippen LogP contribution in [0.2, 0.25) is 0 Å². The van der Waals surface area contributed by atoms with Gasteiger partial charge in [0, 0.05) is 25.7 Å². The summed E-state index contributed by atoms with van der Waals surface area (Å²) in [5.74, 6) is -0.884. The fraction of sp³-hybridized carbons (Fsp3) is 0.923. The first kappa shape index (κ1) is 19.7. The van der Waals surface area contributed by atoms with E-state index in [2.05, 4.69) is 6.92 Å². The van der Waals surface area contributed by atoms with Crippen LogP contribution in [0.3, 0.4) is 0 Å². The maximum atomic E-state index is 10.2. The van der Waals surface area contributed by atoms with Crippen molar-refractivity contribution in [2.45, 2.75) is 46.0 Å². The number of carboxylic acids is 1. The smallest absolute Gasteiger partial charge is 0.306 e. The zero-order chi connectivity index (χ0) is 14.4. The highest BCUT2D eigenvalue weighted by molar-refractivity contribution is 5.69. The van der Waals surface area contributed by atoms with Crippen molar-refractivity contribution < 1.29 is 25.2 Å². The first-order chi connectivity index (χ1) is 8.53. The van der Waals surface area contributed by atoms with Crippen molar-refractivity contribution >= 4 is 5.97 Å².